The van der Waals surface area contributed by atoms with Gasteiger partial charge in [-0.15, -0.1) is 0 Å². The van der Waals surface area contributed by atoms with Gasteiger partial charge in [0.25, 0.3) is 0 Å². The molecule has 1 aliphatic carbocycles. The van der Waals surface area contributed by atoms with Crippen LogP contribution in [0.4, 0.5) is 0 Å². The van der Waals surface area contributed by atoms with Crippen LogP contribution in [0.1, 0.15) is 44.2 Å². The van der Waals surface area contributed by atoms with Crippen molar-refractivity contribution < 1.29 is 14.6 Å². The minimum Gasteiger partial charge on any atom is -0.486 e. The Morgan fingerprint density at radius 3 is 2.57 bits per heavy atom. The molecular weight excluding hydrogens is 266 g/mol. The fraction of sp³-hybridized carbons (Fsp3) is 0.647. The van der Waals surface area contributed by atoms with Crippen LogP contribution in [0.25, 0.3) is 0 Å². The first-order valence-corrected chi connectivity index (χ1v) is 8.02. The third-order valence-corrected chi connectivity index (χ3v) is 4.66. The molecule has 0 spiro atoms. The predicted octanol–water partition coefficient (Wildman–Crippen LogP) is 2.66. The Morgan fingerprint density at radius 1 is 1.14 bits per heavy atom. The molecule has 1 atom stereocenters. The lowest BCUT2D eigenvalue weighted by atomic mass is 9.86. The number of hydrogen-bond acceptors (Lipinski definition) is 4. The molecule has 0 saturated heterocycles. The molecule has 2 N–H and O–H groups in total. The van der Waals surface area contributed by atoms with E-state index in [1.165, 1.54) is 5.56 Å². The third kappa shape index (κ3) is 3.50. The van der Waals surface area contributed by atoms with E-state index in [4.69, 9.17) is 9.47 Å². The van der Waals surface area contributed by atoms with E-state index in [0.29, 0.717) is 37.8 Å². The van der Waals surface area contributed by atoms with Crippen molar-refractivity contribution in [2.75, 3.05) is 19.8 Å². The Morgan fingerprint density at radius 2 is 1.86 bits per heavy atom. The largest absolute Gasteiger partial charge is 0.486 e. The van der Waals surface area contributed by atoms with E-state index in [1.807, 2.05) is 6.07 Å². The molecule has 1 fully saturated rings. The smallest absolute Gasteiger partial charge is 0.161 e. The van der Waals surface area contributed by atoms with Gasteiger partial charge in [0.15, 0.2) is 11.5 Å². The summed E-state index contributed by atoms with van der Waals surface area (Å²) < 4.78 is 11.2. The average Bonchev–Trinajstić information content (AvgIpc) is 2.55. The van der Waals surface area contributed by atoms with Crippen LogP contribution >= 0.6 is 0 Å². The summed E-state index contributed by atoms with van der Waals surface area (Å²) in [6, 6.07) is 7.06. The number of rotatable bonds is 4. The summed E-state index contributed by atoms with van der Waals surface area (Å²) in [7, 11) is 0. The lowest BCUT2D eigenvalue weighted by Crippen LogP contribution is -2.35. The molecule has 2 aliphatic rings. The zero-order valence-corrected chi connectivity index (χ0v) is 12.7. The number of hydrogen-bond donors (Lipinski definition) is 2. The number of ether oxygens (including phenoxy) is 2. The van der Waals surface area contributed by atoms with Crippen LogP contribution in [-0.2, 0) is 0 Å². The van der Waals surface area contributed by atoms with Crippen LogP contribution in [-0.4, -0.2) is 31.0 Å². The van der Waals surface area contributed by atoms with E-state index in [9.17, 15) is 5.11 Å². The van der Waals surface area contributed by atoms with Crippen LogP contribution in [0.2, 0.25) is 0 Å². The molecular formula is C17H25NO3. The number of benzene rings is 1. The van der Waals surface area contributed by atoms with Gasteiger partial charge in [-0.1, -0.05) is 6.07 Å². The summed E-state index contributed by atoms with van der Waals surface area (Å²) in [5, 5.41) is 12.9. The highest BCUT2D eigenvalue weighted by atomic mass is 16.6. The molecule has 0 radical (unpaired) electrons. The Kier molecular flexibility index (Phi) is 4.66. The maximum atomic E-state index is 9.20. The number of aliphatic hydroxyl groups is 1. The number of fused-ring (bicyclic) bond motifs is 1. The van der Waals surface area contributed by atoms with Crippen LogP contribution in [0.3, 0.4) is 0 Å². The van der Waals surface area contributed by atoms with Crippen molar-refractivity contribution >= 4 is 0 Å². The van der Waals surface area contributed by atoms with Gasteiger partial charge in [-0.25, -0.2) is 0 Å². The van der Waals surface area contributed by atoms with E-state index in [2.05, 4.69) is 24.4 Å². The molecule has 4 heteroatoms. The second-order valence-electron chi connectivity index (χ2n) is 6.19. The fourth-order valence-electron chi connectivity index (χ4n) is 3.29. The molecule has 3 rings (SSSR count). The summed E-state index contributed by atoms with van der Waals surface area (Å²) in [4.78, 5) is 0. The lowest BCUT2D eigenvalue weighted by molar-refractivity contribution is 0.170. The van der Waals surface area contributed by atoms with Crippen LogP contribution < -0.4 is 14.8 Å². The van der Waals surface area contributed by atoms with Gasteiger partial charge >= 0.3 is 0 Å². The van der Waals surface area contributed by atoms with Crippen LogP contribution in [0.15, 0.2) is 18.2 Å². The molecule has 4 nitrogen and oxygen atoms in total. The van der Waals surface area contributed by atoms with Crippen molar-refractivity contribution in [3.63, 3.8) is 0 Å². The fourth-order valence-corrected chi connectivity index (χ4v) is 3.29. The van der Waals surface area contributed by atoms with E-state index >= 15 is 0 Å². The molecule has 116 valence electrons. The van der Waals surface area contributed by atoms with E-state index in [-0.39, 0.29) is 0 Å². The van der Waals surface area contributed by atoms with Crippen molar-refractivity contribution in [1.29, 1.82) is 0 Å². The number of aliphatic hydroxyl groups excluding tert-OH is 1. The van der Waals surface area contributed by atoms with E-state index in [1.54, 1.807) is 0 Å². The quantitative estimate of drug-likeness (QED) is 0.895. The van der Waals surface area contributed by atoms with Gasteiger partial charge in [0.1, 0.15) is 13.2 Å². The molecule has 0 bridgehead atoms. The summed E-state index contributed by atoms with van der Waals surface area (Å²) in [6.45, 7) is 3.80. The molecule has 0 amide bonds. The first-order valence-electron chi connectivity index (χ1n) is 8.02. The summed E-state index contributed by atoms with van der Waals surface area (Å²) in [5.74, 6) is 2.21. The molecule has 1 saturated carbocycles. The standard InChI is InChI=1S/C17H25NO3/c1-12(18-15-5-2-13(11-19)3-6-15)14-4-7-16-17(10-14)21-9-8-20-16/h4,7,10,12-13,15,18-19H,2-3,5-6,8-9,11H2,1H3. The normalized spacial score (nSPS) is 26.4. The van der Waals surface area contributed by atoms with Crippen molar-refractivity contribution in [3.8, 4) is 11.5 Å². The van der Waals surface area contributed by atoms with Gasteiger partial charge in [-0.3, -0.25) is 0 Å². The minimum absolute atomic E-state index is 0.302. The number of nitrogens with one attached hydrogen (secondary N) is 1. The van der Waals surface area contributed by atoms with Gasteiger partial charge in [0, 0.05) is 18.7 Å². The van der Waals surface area contributed by atoms with Crippen LogP contribution in [0, 0.1) is 5.92 Å². The SMILES string of the molecule is CC(NC1CCC(CO)CC1)c1ccc2c(c1)OCCO2. The highest BCUT2D eigenvalue weighted by Crippen LogP contribution is 2.33. The molecule has 1 aromatic carbocycles. The topological polar surface area (TPSA) is 50.7 Å². The van der Waals surface area contributed by atoms with Crippen molar-refractivity contribution in [2.45, 2.75) is 44.7 Å². The molecule has 21 heavy (non-hydrogen) atoms. The zero-order chi connectivity index (χ0) is 14.7. The lowest BCUT2D eigenvalue weighted by Gasteiger charge is -2.31. The third-order valence-electron chi connectivity index (χ3n) is 4.66. The van der Waals surface area contributed by atoms with Crippen LogP contribution in [0.5, 0.6) is 11.5 Å². The highest BCUT2D eigenvalue weighted by Gasteiger charge is 2.22. The van der Waals surface area contributed by atoms with Crippen molar-refractivity contribution in [3.05, 3.63) is 23.8 Å². The second kappa shape index (κ2) is 6.67. The van der Waals surface area contributed by atoms with Gasteiger partial charge < -0.3 is 19.9 Å². The Balaban J connectivity index is 1.59. The van der Waals surface area contributed by atoms with Gasteiger partial charge in [-0.05, 0) is 56.2 Å². The molecule has 1 heterocycles. The Labute approximate surface area is 126 Å². The monoisotopic (exact) mass is 291 g/mol. The first-order chi connectivity index (χ1) is 10.3. The Hall–Kier alpha value is -1.26. The maximum Gasteiger partial charge on any atom is 0.161 e. The second-order valence-corrected chi connectivity index (χ2v) is 6.19. The van der Waals surface area contributed by atoms with E-state index < -0.39 is 0 Å². The molecule has 0 aromatic heterocycles. The Bertz CT molecular complexity index is 469. The highest BCUT2D eigenvalue weighted by molar-refractivity contribution is 5.44. The summed E-state index contributed by atoms with van der Waals surface area (Å²) >= 11 is 0. The van der Waals surface area contributed by atoms with Gasteiger partial charge in [0.2, 0.25) is 0 Å². The molecule has 1 aromatic rings. The minimum atomic E-state index is 0.302. The van der Waals surface area contributed by atoms with Gasteiger partial charge in [0.05, 0.1) is 0 Å². The predicted molar refractivity (Wildman–Crippen MR) is 81.8 cm³/mol. The first kappa shape index (κ1) is 14.7. The average molecular weight is 291 g/mol. The summed E-state index contributed by atoms with van der Waals surface area (Å²) in [5.41, 5.74) is 1.24. The van der Waals surface area contributed by atoms with Crippen molar-refractivity contribution in [2.24, 2.45) is 5.92 Å². The maximum absolute atomic E-state index is 9.20. The van der Waals surface area contributed by atoms with Crippen molar-refractivity contribution in [1.82, 2.24) is 5.32 Å². The molecule has 1 aliphatic heterocycles. The van der Waals surface area contributed by atoms with Gasteiger partial charge in [-0.2, -0.15) is 0 Å². The zero-order valence-electron chi connectivity index (χ0n) is 12.7. The van der Waals surface area contributed by atoms with E-state index in [0.717, 1.165) is 37.2 Å². The molecule has 1 unspecified atom stereocenters. The summed E-state index contributed by atoms with van der Waals surface area (Å²) in [6.07, 6.45) is 4.56.